The third-order valence-electron chi connectivity index (χ3n) is 6.64. The maximum absolute atomic E-state index is 13.5. The highest BCUT2D eigenvalue weighted by Crippen LogP contribution is 2.43. The number of fused-ring (bicyclic) bond motifs is 2. The average Bonchev–Trinajstić information content (AvgIpc) is 3.42. The first-order valence-corrected chi connectivity index (χ1v) is 10.7. The number of aromatic nitrogens is 2. The normalized spacial score (nSPS) is 22.8. The predicted molar refractivity (Wildman–Crippen MR) is 115 cm³/mol. The lowest BCUT2D eigenvalue weighted by Crippen LogP contribution is -2.47. The van der Waals surface area contributed by atoms with Gasteiger partial charge < -0.3 is 15.2 Å². The third-order valence-corrected chi connectivity index (χ3v) is 6.64. The van der Waals surface area contributed by atoms with Crippen LogP contribution in [0.25, 0.3) is 11.0 Å². The van der Waals surface area contributed by atoms with E-state index >= 15 is 0 Å². The molecule has 2 aliphatic rings. The molecule has 2 aromatic carbocycles. The van der Waals surface area contributed by atoms with Crippen LogP contribution >= 0.6 is 0 Å². The monoisotopic (exact) mass is 420 g/mol. The number of rotatable bonds is 5. The molecule has 0 unspecified atom stereocenters. The van der Waals surface area contributed by atoms with Gasteiger partial charge in [0.05, 0.1) is 16.4 Å². The molecule has 1 aromatic heterocycles. The summed E-state index contributed by atoms with van der Waals surface area (Å²) in [7, 11) is 0. The first-order chi connectivity index (χ1) is 14.9. The summed E-state index contributed by atoms with van der Waals surface area (Å²) in [5.74, 6) is 0.459. The number of amides is 2. The summed E-state index contributed by atoms with van der Waals surface area (Å²) in [5, 5.41) is 3.06. The van der Waals surface area contributed by atoms with Gasteiger partial charge >= 0.3 is 0 Å². The molecular formula is C24H25FN4O2. The molecule has 3 aromatic rings. The number of aryl methyl sites for hydroxylation is 1. The quantitative estimate of drug-likeness (QED) is 0.666. The summed E-state index contributed by atoms with van der Waals surface area (Å²) in [6.07, 6.45) is 2.45. The Bertz CT molecular complexity index is 1160. The van der Waals surface area contributed by atoms with Gasteiger partial charge in [-0.05, 0) is 55.2 Å². The molecule has 2 N–H and O–H groups in total. The maximum atomic E-state index is 13.5. The predicted octanol–water partition coefficient (Wildman–Crippen LogP) is 3.00. The first kappa shape index (κ1) is 19.7. The van der Waals surface area contributed by atoms with Crippen LogP contribution < -0.4 is 5.32 Å². The molecule has 2 saturated heterocycles. The lowest BCUT2D eigenvalue weighted by atomic mass is 9.77. The number of aromatic amines is 1. The van der Waals surface area contributed by atoms with Gasteiger partial charge in [-0.25, -0.2) is 9.37 Å². The lowest BCUT2D eigenvalue weighted by molar-refractivity contribution is -0.129. The molecule has 0 spiro atoms. The molecule has 2 aliphatic heterocycles. The van der Waals surface area contributed by atoms with E-state index < -0.39 is 5.41 Å². The maximum Gasteiger partial charge on any atom is 0.232 e. The Morgan fingerprint density at radius 3 is 2.87 bits per heavy atom. The zero-order valence-corrected chi connectivity index (χ0v) is 17.5. The standard InChI is InChI=1S/C24H25FN4O2/c1-15-2-8-19-20(12-15)28-21(27-19)10-11-26-23(31)24(16-3-5-17(25)6-4-16)13-18-7-9-22(30)29(18)14-24/h2-6,8,12,18H,7,9-11,13-14H2,1H3,(H,26,31)(H,27,28)/t18-,24-/m0/s1. The number of carbonyl (C=O) groups excluding carboxylic acids is 2. The molecule has 3 heterocycles. The van der Waals surface area contributed by atoms with Crippen LogP contribution in [-0.2, 0) is 21.4 Å². The highest BCUT2D eigenvalue weighted by molar-refractivity contribution is 5.91. The fourth-order valence-electron chi connectivity index (χ4n) is 5.01. The van der Waals surface area contributed by atoms with E-state index in [0.29, 0.717) is 32.4 Å². The van der Waals surface area contributed by atoms with Crippen LogP contribution in [0.1, 0.15) is 36.2 Å². The van der Waals surface area contributed by atoms with Crippen molar-refractivity contribution in [2.45, 2.75) is 44.1 Å². The van der Waals surface area contributed by atoms with Gasteiger partial charge in [0, 0.05) is 32.0 Å². The van der Waals surface area contributed by atoms with Gasteiger partial charge in [-0.15, -0.1) is 0 Å². The molecule has 0 saturated carbocycles. The van der Waals surface area contributed by atoms with E-state index in [9.17, 15) is 14.0 Å². The highest BCUT2D eigenvalue weighted by Gasteiger charge is 2.53. The Kier molecular flexibility index (Phi) is 4.76. The Morgan fingerprint density at radius 2 is 2.10 bits per heavy atom. The highest BCUT2D eigenvalue weighted by atomic mass is 19.1. The SMILES string of the molecule is Cc1ccc2nc(CCNC(=O)[C@@]3(c4ccc(F)cc4)C[C@@H]4CCC(=O)N4C3)[nH]c2c1. The molecule has 7 heteroatoms. The summed E-state index contributed by atoms with van der Waals surface area (Å²) < 4.78 is 13.5. The Balaban J connectivity index is 1.33. The number of hydrogen-bond donors (Lipinski definition) is 2. The van der Waals surface area contributed by atoms with Crippen molar-refractivity contribution in [3.05, 3.63) is 65.2 Å². The summed E-state index contributed by atoms with van der Waals surface area (Å²) in [6.45, 7) is 2.81. The van der Waals surface area contributed by atoms with Crippen molar-refractivity contribution in [1.29, 1.82) is 0 Å². The summed E-state index contributed by atoms with van der Waals surface area (Å²) in [4.78, 5) is 35.4. The smallest absolute Gasteiger partial charge is 0.232 e. The molecule has 0 radical (unpaired) electrons. The van der Waals surface area contributed by atoms with Crippen LogP contribution in [0.4, 0.5) is 4.39 Å². The fraction of sp³-hybridized carbons (Fsp3) is 0.375. The molecule has 2 fully saturated rings. The number of benzene rings is 2. The van der Waals surface area contributed by atoms with Gasteiger partial charge in [0.2, 0.25) is 11.8 Å². The molecule has 6 nitrogen and oxygen atoms in total. The van der Waals surface area contributed by atoms with Crippen molar-refractivity contribution >= 4 is 22.8 Å². The van der Waals surface area contributed by atoms with Gasteiger partial charge in [0.25, 0.3) is 0 Å². The number of nitrogens with zero attached hydrogens (tertiary/aromatic N) is 2. The topological polar surface area (TPSA) is 78.1 Å². The Hall–Kier alpha value is -3.22. The van der Waals surface area contributed by atoms with E-state index in [4.69, 9.17) is 0 Å². The van der Waals surface area contributed by atoms with Crippen LogP contribution in [0.2, 0.25) is 0 Å². The molecule has 2 atom stereocenters. The molecule has 0 aliphatic carbocycles. The number of H-pyrrole nitrogens is 1. The van der Waals surface area contributed by atoms with Gasteiger partial charge in [0.15, 0.2) is 0 Å². The average molecular weight is 420 g/mol. The van der Waals surface area contributed by atoms with E-state index in [-0.39, 0.29) is 23.7 Å². The van der Waals surface area contributed by atoms with Crippen molar-refractivity contribution in [3.8, 4) is 0 Å². The first-order valence-electron chi connectivity index (χ1n) is 10.7. The summed E-state index contributed by atoms with van der Waals surface area (Å²) >= 11 is 0. The van der Waals surface area contributed by atoms with Crippen molar-refractivity contribution in [1.82, 2.24) is 20.2 Å². The second kappa shape index (κ2) is 7.48. The third kappa shape index (κ3) is 3.48. The number of halogens is 1. The van der Waals surface area contributed by atoms with Crippen LogP contribution in [0, 0.1) is 12.7 Å². The second-order valence-electron chi connectivity index (χ2n) is 8.72. The van der Waals surface area contributed by atoms with Crippen molar-refractivity contribution in [2.24, 2.45) is 0 Å². The Labute approximate surface area is 179 Å². The van der Waals surface area contributed by atoms with Crippen LogP contribution in [0.15, 0.2) is 42.5 Å². The molecule has 160 valence electrons. The molecular weight excluding hydrogens is 395 g/mol. The van der Waals surface area contributed by atoms with Gasteiger partial charge in [-0.2, -0.15) is 0 Å². The number of carbonyl (C=O) groups is 2. The van der Waals surface area contributed by atoms with E-state index in [2.05, 4.69) is 21.4 Å². The van der Waals surface area contributed by atoms with Crippen LogP contribution in [0.3, 0.4) is 0 Å². The van der Waals surface area contributed by atoms with E-state index in [1.165, 1.54) is 12.1 Å². The molecule has 31 heavy (non-hydrogen) atoms. The van der Waals surface area contributed by atoms with Crippen molar-refractivity contribution < 1.29 is 14.0 Å². The van der Waals surface area contributed by atoms with E-state index in [0.717, 1.165) is 34.4 Å². The van der Waals surface area contributed by atoms with Crippen LogP contribution in [0.5, 0.6) is 0 Å². The van der Waals surface area contributed by atoms with Crippen molar-refractivity contribution in [3.63, 3.8) is 0 Å². The van der Waals surface area contributed by atoms with Gasteiger partial charge in [-0.3, -0.25) is 9.59 Å². The van der Waals surface area contributed by atoms with Crippen LogP contribution in [-0.4, -0.2) is 45.8 Å². The minimum atomic E-state index is -0.848. The zero-order valence-electron chi connectivity index (χ0n) is 17.5. The second-order valence-corrected chi connectivity index (χ2v) is 8.72. The van der Waals surface area contributed by atoms with E-state index in [1.807, 2.05) is 24.0 Å². The number of imidazole rings is 1. The zero-order chi connectivity index (χ0) is 21.6. The van der Waals surface area contributed by atoms with Gasteiger partial charge in [-0.1, -0.05) is 18.2 Å². The minimum absolute atomic E-state index is 0.0712. The number of nitrogens with one attached hydrogen (secondary N) is 2. The summed E-state index contributed by atoms with van der Waals surface area (Å²) in [5.41, 5.74) is 2.96. The Morgan fingerprint density at radius 1 is 1.29 bits per heavy atom. The van der Waals surface area contributed by atoms with Crippen molar-refractivity contribution in [2.75, 3.05) is 13.1 Å². The molecule has 2 amide bonds. The summed E-state index contributed by atoms with van der Waals surface area (Å²) in [6, 6.07) is 12.2. The number of hydrogen-bond acceptors (Lipinski definition) is 3. The molecule has 0 bridgehead atoms. The minimum Gasteiger partial charge on any atom is -0.355 e. The lowest BCUT2D eigenvalue weighted by Gasteiger charge is -2.29. The largest absolute Gasteiger partial charge is 0.355 e. The van der Waals surface area contributed by atoms with E-state index in [1.54, 1.807) is 12.1 Å². The molecule has 5 rings (SSSR count). The fourth-order valence-corrected chi connectivity index (χ4v) is 5.01. The van der Waals surface area contributed by atoms with Gasteiger partial charge in [0.1, 0.15) is 11.6 Å².